The maximum atomic E-state index is 6.27. The summed E-state index contributed by atoms with van der Waals surface area (Å²) in [5, 5.41) is 9.42. The number of hydrogen-bond donors (Lipinski definition) is 0. The SMILES string of the molecule is c1ccc([Si](c2ccccc2)(c2ccccc2)c2ccc(-c3nc(-c4cccc5oc6cnccc6c45)nc(-n4c5ccccc5c5ccccc54)n3)cc2)cc1. The van der Waals surface area contributed by atoms with Crippen molar-refractivity contribution >= 4 is 72.6 Å². The van der Waals surface area contributed by atoms with Crippen molar-refractivity contribution in [2.45, 2.75) is 0 Å². The maximum Gasteiger partial charge on any atom is 0.238 e. The number of benzene rings is 7. The van der Waals surface area contributed by atoms with E-state index in [0.717, 1.165) is 54.9 Å². The molecule has 0 fully saturated rings. The van der Waals surface area contributed by atoms with Gasteiger partial charge in [-0.25, -0.2) is 4.98 Å². The molecule has 0 bridgehead atoms. The molecule has 0 spiro atoms. The quantitative estimate of drug-likeness (QED) is 0.120. The van der Waals surface area contributed by atoms with Gasteiger partial charge >= 0.3 is 0 Å². The monoisotopic (exact) mass is 747 g/mol. The molecule has 0 amide bonds. The van der Waals surface area contributed by atoms with Gasteiger partial charge in [0.15, 0.2) is 25.3 Å². The summed E-state index contributed by atoms with van der Waals surface area (Å²) in [5.74, 6) is 1.69. The third kappa shape index (κ3) is 5.24. The number of pyridine rings is 1. The Kier molecular flexibility index (Phi) is 7.72. The molecular weight excluding hydrogens is 715 g/mol. The van der Waals surface area contributed by atoms with E-state index in [1.165, 1.54) is 20.7 Å². The molecule has 0 saturated heterocycles. The van der Waals surface area contributed by atoms with E-state index in [0.29, 0.717) is 17.6 Å². The van der Waals surface area contributed by atoms with Crippen LogP contribution in [0.25, 0.3) is 72.5 Å². The first-order valence-corrected chi connectivity index (χ1v) is 21.0. The van der Waals surface area contributed by atoms with E-state index in [1.54, 1.807) is 12.4 Å². The Morgan fingerprint density at radius 1 is 0.421 bits per heavy atom. The molecule has 11 aromatic rings. The van der Waals surface area contributed by atoms with E-state index in [9.17, 15) is 0 Å². The van der Waals surface area contributed by atoms with Crippen molar-refractivity contribution < 1.29 is 4.42 Å². The molecule has 0 aliphatic rings. The van der Waals surface area contributed by atoms with Crippen LogP contribution >= 0.6 is 0 Å². The van der Waals surface area contributed by atoms with Crippen LogP contribution in [0.15, 0.2) is 205 Å². The fraction of sp³-hybridized carbons (Fsp3) is 0. The molecule has 57 heavy (non-hydrogen) atoms. The van der Waals surface area contributed by atoms with E-state index in [-0.39, 0.29) is 0 Å². The first-order chi connectivity index (χ1) is 28.3. The summed E-state index contributed by atoms with van der Waals surface area (Å²) < 4.78 is 8.42. The van der Waals surface area contributed by atoms with Crippen LogP contribution < -0.4 is 20.7 Å². The van der Waals surface area contributed by atoms with Gasteiger partial charge in [0.2, 0.25) is 5.95 Å². The first-order valence-electron chi connectivity index (χ1n) is 19.0. The summed E-state index contributed by atoms with van der Waals surface area (Å²) in [6.45, 7) is 0. The highest BCUT2D eigenvalue weighted by Gasteiger charge is 2.41. The number of nitrogens with zero attached hydrogens (tertiary/aromatic N) is 5. The Labute approximate surface area is 329 Å². The number of aromatic nitrogens is 5. The predicted molar refractivity (Wildman–Crippen MR) is 234 cm³/mol. The summed E-state index contributed by atoms with van der Waals surface area (Å²) >= 11 is 0. The van der Waals surface area contributed by atoms with Crippen molar-refractivity contribution in [2.75, 3.05) is 0 Å². The smallest absolute Gasteiger partial charge is 0.238 e. The predicted octanol–water partition coefficient (Wildman–Crippen LogP) is 8.97. The fourth-order valence-corrected chi connectivity index (χ4v) is 13.4. The normalized spacial score (nSPS) is 11.9. The van der Waals surface area contributed by atoms with Gasteiger partial charge in [-0.05, 0) is 45.0 Å². The lowest BCUT2D eigenvalue weighted by atomic mass is 10.1. The Hall–Kier alpha value is -7.48. The molecule has 7 heteroatoms. The zero-order valence-electron chi connectivity index (χ0n) is 30.7. The Morgan fingerprint density at radius 2 is 0.965 bits per heavy atom. The number of rotatable bonds is 7. The van der Waals surface area contributed by atoms with Gasteiger partial charge in [0, 0.05) is 38.9 Å². The Morgan fingerprint density at radius 3 is 1.58 bits per heavy atom. The summed E-state index contributed by atoms with van der Waals surface area (Å²) in [5.41, 5.74) is 5.29. The van der Waals surface area contributed by atoms with Crippen molar-refractivity contribution in [3.8, 4) is 28.7 Å². The lowest BCUT2D eigenvalue weighted by molar-refractivity contribution is 0.667. The third-order valence-corrected chi connectivity index (χ3v) is 15.9. The second-order valence-corrected chi connectivity index (χ2v) is 18.0. The average molecular weight is 748 g/mol. The molecule has 0 unspecified atom stereocenters. The van der Waals surface area contributed by atoms with Gasteiger partial charge in [0.05, 0.1) is 17.2 Å². The van der Waals surface area contributed by atoms with Crippen molar-refractivity contribution in [3.05, 3.63) is 200 Å². The molecule has 7 aromatic carbocycles. The molecule has 11 rings (SSSR count). The van der Waals surface area contributed by atoms with Crippen molar-refractivity contribution in [1.29, 1.82) is 0 Å². The molecule has 0 aliphatic heterocycles. The summed E-state index contributed by atoms with van der Waals surface area (Å²) in [6.07, 6.45) is 3.55. The molecule has 0 saturated carbocycles. The Bertz CT molecular complexity index is 3080. The number of para-hydroxylation sites is 2. The number of hydrogen-bond acceptors (Lipinski definition) is 5. The third-order valence-electron chi connectivity index (χ3n) is 11.1. The van der Waals surface area contributed by atoms with Gasteiger partial charge in [-0.1, -0.05) is 164 Å². The molecule has 4 heterocycles. The van der Waals surface area contributed by atoms with Gasteiger partial charge in [-0.3, -0.25) is 9.55 Å². The van der Waals surface area contributed by atoms with Gasteiger partial charge in [0.25, 0.3) is 0 Å². The second-order valence-electron chi connectivity index (χ2n) is 14.2. The van der Waals surface area contributed by atoms with Crippen molar-refractivity contribution in [2.24, 2.45) is 0 Å². The number of fused-ring (bicyclic) bond motifs is 6. The van der Waals surface area contributed by atoms with E-state index in [4.69, 9.17) is 19.4 Å². The molecule has 0 aliphatic carbocycles. The van der Waals surface area contributed by atoms with E-state index < -0.39 is 8.07 Å². The maximum absolute atomic E-state index is 6.27. The Balaban J connectivity index is 1.16. The van der Waals surface area contributed by atoms with Gasteiger partial charge in [-0.2, -0.15) is 9.97 Å². The molecule has 0 N–H and O–H groups in total. The van der Waals surface area contributed by atoms with Gasteiger partial charge < -0.3 is 4.42 Å². The summed E-state index contributed by atoms with van der Waals surface area (Å²) in [6, 6.07) is 66.7. The van der Waals surface area contributed by atoms with Crippen LogP contribution in [0.5, 0.6) is 0 Å². The first kappa shape index (κ1) is 32.9. The molecular formula is C50H33N5OSi. The van der Waals surface area contributed by atoms with Crippen LogP contribution in [0.1, 0.15) is 0 Å². The molecule has 6 nitrogen and oxygen atoms in total. The highest BCUT2D eigenvalue weighted by atomic mass is 28.3. The molecule has 0 radical (unpaired) electrons. The topological polar surface area (TPSA) is 69.6 Å². The molecule has 268 valence electrons. The highest BCUT2D eigenvalue weighted by Crippen LogP contribution is 2.37. The summed E-state index contributed by atoms with van der Waals surface area (Å²) in [4.78, 5) is 20.1. The van der Waals surface area contributed by atoms with Crippen LogP contribution in [0.3, 0.4) is 0 Å². The van der Waals surface area contributed by atoms with E-state index in [2.05, 4.69) is 179 Å². The molecule has 4 aromatic heterocycles. The van der Waals surface area contributed by atoms with Crippen LogP contribution in [0.4, 0.5) is 0 Å². The zero-order valence-corrected chi connectivity index (χ0v) is 31.7. The minimum atomic E-state index is -2.72. The van der Waals surface area contributed by atoms with Crippen LogP contribution in [-0.4, -0.2) is 32.6 Å². The average Bonchev–Trinajstić information content (AvgIpc) is 3.84. The van der Waals surface area contributed by atoms with Crippen LogP contribution in [-0.2, 0) is 0 Å². The van der Waals surface area contributed by atoms with Crippen molar-refractivity contribution in [1.82, 2.24) is 24.5 Å². The van der Waals surface area contributed by atoms with Gasteiger partial charge in [-0.15, -0.1) is 0 Å². The largest absolute Gasteiger partial charge is 0.454 e. The van der Waals surface area contributed by atoms with Gasteiger partial charge in [0.1, 0.15) is 5.58 Å². The lowest BCUT2D eigenvalue weighted by Gasteiger charge is -2.34. The van der Waals surface area contributed by atoms with Crippen LogP contribution in [0.2, 0.25) is 0 Å². The summed E-state index contributed by atoms with van der Waals surface area (Å²) in [7, 11) is -2.72. The molecule has 0 atom stereocenters. The fourth-order valence-electron chi connectivity index (χ4n) is 8.65. The van der Waals surface area contributed by atoms with E-state index >= 15 is 0 Å². The standard InChI is InChI=1S/C50H33N5OSi/c1-4-15-35(16-5-1)57(36-17-6-2-7-18-36,37-19-8-3-9-20-37)38-29-27-34(28-30-38)48-52-49(42-23-14-26-45-47(42)41-31-32-51-33-46(41)56-45)54-50(53-48)55-43-24-12-10-21-39(43)40-22-11-13-25-44(40)55/h1-33H. The number of furan rings is 1. The van der Waals surface area contributed by atoms with Crippen molar-refractivity contribution in [3.63, 3.8) is 0 Å². The minimum Gasteiger partial charge on any atom is -0.454 e. The second kappa shape index (κ2) is 13.4. The van der Waals surface area contributed by atoms with E-state index in [1.807, 2.05) is 18.2 Å². The van der Waals surface area contributed by atoms with Crippen LogP contribution in [0, 0.1) is 0 Å². The minimum absolute atomic E-state index is 0.546. The highest BCUT2D eigenvalue weighted by molar-refractivity contribution is 7.19. The lowest BCUT2D eigenvalue weighted by Crippen LogP contribution is -2.74. The zero-order chi connectivity index (χ0) is 37.8.